The fourth-order valence-electron chi connectivity index (χ4n) is 3.83. The number of carbonyl (C=O) groups excluding carboxylic acids is 1. The molecular weight excluding hydrogens is 314 g/mol. The van der Waals surface area contributed by atoms with Gasteiger partial charge in [-0.25, -0.2) is 0 Å². The first-order valence-electron chi connectivity index (χ1n) is 9.17. The Morgan fingerprint density at radius 2 is 2.04 bits per heavy atom. The van der Waals surface area contributed by atoms with Gasteiger partial charge in [0.25, 0.3) is 5.91 Å². The van der Waals surface area contributed by atoms with Gasteiger partial charge in [-0.2, -0.15) is 5.10 Å². The fraction of sp³-hybridized carbons (Fsp3) is 0.500. The minimum atomic E-state index is -0.450. The van der Waals surface area contributed by atoms with Crippen molar-refractivity contribution >= 4 is 11.7 Å². The summed E-state index contributed by atoms with van der Waals surface area (Å²) < 4.78 is 7.78. The highest BCUT2D eigenvalue weighted by Crippen LogP contribution is 2.40. The molecule has 2 aliphatic rings. The van der Waals surface area contributed by atoms with E-state index in [9.17, 15) is 4.79 Å². The van der Waals surface area contributed by atoms with Gasteiger partial charge in [0.2, 0.25) is 0 Å². The van der Waals surface area contributed by atoms with Crippen LogP contribution in [0.5, 0.6) is 0 Å². The van der Waals surface area contributed by atoms with Crippen LogP contribution in [-0.4, -0.2) is 28.4 Å². The molecule has 1 aromatic carbocycles. The number of hydrogen-bond donors (Lipinski definition) is 1. The van der Waals surface area contributed by atoms with Gasteiger partial charge in [-0.1, -0.05) is 30.3 Å². The average molecular weight is 339 g/mol. The minimum absolute atomic E-state index is 0.102. The summed E-state index contributed by atoms with van der Waals surface area (Å²) in [5.74, 6) is 1.35. The first kappa shape index (κ1) is 16.3. The molecule has 1 saturated heterocycles. The van der Waals surface area contributed by atoms with Crippen molar-refractivity contribution < 1.29 is 9.53 Å². The maximum absolute atomic E-state index is 12.7. The van der Waals surface area contributed by atoms with E-state index in [1.54, 1.807) is 0 Å². The lowest BCUT2D eigenvalue weighted by Crippen LogP contribution is -2.31. The Labute approximate surface area is 148 Å². The van der Waals surface area contributed by atoms with Crippen molar-refractivity contribution in [2.24, 2.45) is 5.92 Å². The Kier molecular flexibility index (Phi) is 4.34. The summed E-state index contributed by atoms with van der Waals surface area (Å²) in [6.45, 7) is 4.86. The van der Waals surface area contributed by atoms with Crippen LogP contribution in [0, 0.1) is 12.8 Å². The summed E-state index contributed by atoms with van der Waals surface area (Å²) in [6.07, 6.45) is 2.97. The van der Waals surface area contributed by atoms with Crippen LogP contribution in [-0.2, 0) is 9.53 Å². The number of ether oxygens (including phenoxy) is 1. The van der Waals surface area contributed by atoms with E-state index in [0.717, 1.165) is 23.6 Å². The van der Waals surface area contributed by atoms with E-state index in [2.05, 4.69) is 29.5 Å². The molecule has 25 heavy (non-hydrogen) atoms. The standard InChI is InChI=1S/C20H25N3O2/c1-13-12-18(22-23(13)14(2)15-8-9-15)21-20(24)19-17(10-11-25-19)16-6-4-3-5-7-16/h3-7,12,14-15,17,19H,8-11H2,1-2H3,(H,21,22,24)/t14?,17-,19-/m1/s1. The van der Waals surface area contributed by atoms with Crippen LogP contribution in [0.3, 0.4) is 0 Å². The molecule has 5 nitrogen and oxygen atoms in total. The molecule has 2 fully saturated rings. The number of aryl methyl sites for hydroxylation is 1. The van der Waals surface area contributed by atoms with Gasteiger partial charge in [0.1, 0.15) is 6.10 Å². The second-order valence-electron chi connectivity index (χ2n) is 7.28. The Balaban J connectivity index is 1.47. The number of benzene rings is 1. The molecule has 132 valence electrons. The van der Waals surface area contributed by atoms with Crippen LogP contribution in [0.4, 0.5) is 5.82 Å². The Bertz CT molecular complexity index is 752. The summed E-state index contributed by atoms with van der Waals surface area (Å²) in [6, 6.07) is 12.5. The smallest absolute Gasteiger partial charge is 0.255 e. The van der Waals surface area contributed by atoms with E-state index < -0.39 is 6.10 Å². The van der Waals surface area contributed by atoms with Crippen molar-refractivity contribution in [3.63, 3.8) is 0 Å². The Morgan fingerprint density at radius 3 is 2.76 bits per heavy atom. The lowest BCUT2D eigenvalue weighted by atomic mass is 9.92. The number of amides is 1. The SMILES string of the molecule is Cc1cc(NC(=O)[C@@H]2OCC[C@@H]2c2ccccc2)nn1C(C)C1CC1. The van der Waals surface area contributed by atoms with E-state index in [4.69, 9.17) is 4.74 Å². The second kappa shape index (κ2) is 6.64. The molecule has 1 aliphatic heterocycles. The normalized spacial score (nSPS) is 24.2. The van der Waals surface area contributed by atoms with Gasteiger partial charge in [-0.3, -0.25) is 9.48 Å². The fourth-order valence-corrected chi connectivity index (χ4v) is 3.83. The zero-order chi connectivity index (χ0) is 17.4. The maximum Gasteiger partial charge on any atom is 0.255 e. The number of carbonyl (C=O) groups is 1. The highest BCUT2D eigenvalue weighted by atomic mass is 16.5. The summed E-state index contributed by atoms with van der Waals surface area (Å²) in [4.78, 5) is 12.7. The highest BCUT2D eigenvalue weighted by Gasteiger charge is 2.36. The zero-order valence-corrected chi connectivity index (χ0v) is 14.8. The lowest BCUT2D eigenvalue weighted by Gasteiger charge is -2.18. The molecule has 1 amide bonds. The van der Waals surface area contributed by atoms with Crippen molar-refractivity contribution in [3.8, 4) is 0 Å². The number of anilines is 1. The highest BCUT2D eigenvalue weighted by molar-refractivity contribution is 5.94. The third-order valence-corrected chi connectivity index (χ3v) is 5.44. The molecule has 3 atom stereocenters. The molecule has 1 unspecified atom stereocenters. The van der Waals surface area contributed by atoms with Crippen molar-refractivity contribution in [2.75, 3.05) is 11.9 Å². The first-order chi connectivity index (χ1) is 12.1. The molecular formula is C20H25N3O2. The van der Waals surface area contributed by atoms with E-state index in [-0.39, 0.29) is 11.8 Å². The summed E-state index contributed by atoms with van der Waals surface area (Å²) in [5, 5.41) is 7.57. The molecule has 0 radical (unpaired) electrons. The average Bonchev–Trinajstić information content (AvgIpc) is 3.23. The van der Waals surface area contributed by atoms with Crippen molar-refractivity contribution in [1.29, 1.82) is 0 Å². The van der Waals surface area contributed by atoms with E-state index in [1.807, 2.05) is 35.9 Å². The molecule has 4 rings (SSSR count). The topological polar surface area (TPSA) is 56.1 Å². The zero-order valence-electron chi connectivity index (χ0n) is 14.8. The van der Waals surface area contributed by atoms with Gasteiger partial charge in [0.15, 0.2) is 5.82 Å². The van der Waals surface area contributed by atoms with Gasteiger partial charge in [-0.15, -0.1) is 0 Å². The van der Waals surface area contributed by atoms with E-state index in [1.165, 1.54) is 12.8 Å². The van der Waals surface area contributed by atoms with E-state index in [0.29, 0.717) is 18.5 Å². The number of nitrogens with one attached hydrogen (secondary N) is 1. The predicted octanol–water partition coefficient (Wildman–Crippen LogP) is 3.67. The van der Waals surface area contributed by atoms with Crippen molar-refractivity contribution in [2.45, 2.75) is 51.2 Å². The van der Waals surface area contributed by atoms with Crippen LogP contribution < -0.4 is 5.32 Å². The van der Waals surface area contributed by atoms with Crippen LogP contribution >= 0.6 is 0 Å². The quantitative estimate of drug-likeness (QED) is 0.904. The third-order valence-electron chi connectivity index (χ3n) is 5.44. The summed E-state index contributed by atoms with van der Waals surface area (Å²) in [7, 11) is 0. The lowest BCUT2D eigenvalue weighted by molar-refractivity contribution is -0.125. The Morgan fingerprint density at radius 1 is 1.28 bits per heavy atom. The monoisotopic (exact) mass is 339 g/mol. The molecule has 2 heterocycles. The van der Waals surface area contributed by atoms with E-state index >= 15 is 0 Å². The third kappa shape index (κ3) is 3.33. The van der Waals surface area contributed by atoms with Gasteiger partial charge >= 0.3 is 0 Å². The van der Waals surface area contributed by atoms with Gasteiger partial charge in [0, 0.05) is 24.3 Å². The molecule has 1 N–H and O–H groups in total. The molecule has 2 aromatic rings. The number of rotatable bonds is 5. The summed E-state index contributed by atoms with van der Waals surface area (Å²) in [5.41, 5.74) is 2.24. The minimum Gasteiger partial charge on any atom is -0.368 e. The molecule has 1 aliphatic carbocycles. The maximum atomic E-state index is 12.7. The van der Waals surface area contributed by atoms with Gasteiger partial charge in [-0.05, 0) is 44.6 Å². The van der Waals surface area contributed by atoms with Gasteiger partial charge in [0.05, 0.1) is 6.04 Å². The van der Waals surface area contributed by atoms with Crippen LogP contribution in [0.2, 0.25) is 0 Å². The molecule has 1 saturated carbocycles. The van der Waals surface area contributed by atoms with Gasteiger partial charge < -0.3 is 10.1 Å². The molecule has 1 aromatic heterocycles. The second-order valence-corrected chi connectivity index (χ2v) is 7.28. The van der Waals surface area contributed by atoms with Crippen LogP contribution in [0.15, 0.2) is 36.4 Å². The predicted molar refractivity (Wildman–Crippen MR) is 96.6 cm³/mol. The Hall–Kier alpha value is -2.14. The largest absolute Gasteiger partial charge is 0.368 e. The number of hydrogen-bond acceptors (Lipinski definition) is 3. The van der Waals surface area contributed by atoms with Crippen LogP contribution in [0.1, 0.15) is 49.4 Å². The number of nitrogens with zero attached hydrogens (tertiary/aromatic N) is 2. The molecule has 0 bridgehead atoms. The molecule has 0 spiro atoms. The van der Waals surface area contributed by atoms with Crippen molar-refractivity contribution in [3.05, 3.63) is 47.7 Å². The van der Waals surface area contributed by atoms with Crippen molar-refractivity contribution in [1.82, 2.24) is 9.78 Å². The molecule has 5 heteroatoms. The van der Waals surface area contributed by atoms with Crippen LogP contribution in [0.25, 0.3) is 0 Å². The first-order valence-corrected chi connectivity index (χ1v) is 9.17. The summed E-state index contributed by atoms with van der Waals surface area (Å²) >= 11 is 0. The number of aromatic nitrogens is 2.